The first-order valence-electron chi connectivity index (χ1n) is 6.56. The van der Waals surface area contributed by atoms with E-state index in [1.165, 1.54) is 0 Å². The number of aliphatic hydroxyl groups excluding tert-OH is 1. The van der Waals surface area contributed by atoms with Gasteiger partial charge in [-0.15, -0.1) is 0 Å². The van der Waals surface area contributed by atoms with Crippen molar-refractivity contribution in [3.8, 4) is 0 Å². The normalized spacial score (nSPS) is 34.0. The summed E-state index contributed by atoms with van der Waals surface area (Å²) in [5, 5.41) is 10.4. The zero-order valence-electron chi connectivity index (χ0n) is 10.7. The number of aliphatic hydroxyl groups is 1. The number of aromatic nitrogens is 2. The van der Waals surface area contributed by atoms with Crippen LogP contribution in [0.15, 0.2) is 12.5 Å². The number of imidazole rings is 1. The van der Waals surface area contributed by atoms with E-state index in [0.717, 1.165) is 31.6 Å². The predicted molar refractivity (Wildman–Crippen MR) is 65.0 cm³/mol. The molecule has 18 heavy (non-hydrogen) atoms. The summed E-state index contributed by atoms with van der Waals surface area (Å²) in [5.41, 5.74) is 0.608. The molecule has 1 N–H and O–H groups in total. The van der Waals surface area contributed by atoms with Crippen LogP contribution in [-0.2, 0) is 16.5 Å². The topological polar surface area (TPSA) is 56.5 Å². The number of aryl methyl sites for hydroxylation is 1. The van der Waals surface area contributed by atoms with Crippen molar-refractivity contribution < 1.29 is 14.6 Å². The maximum Gasteiger partial charge on any atom is 0.100 e. The van der Waals surface area contributed by atoms with Crippen molar-refractivity contribution in [1.82, 2.24) is 9.55 Å². The lowest BCUT2D eigenvalue weighted by Gasteiger charge is -2.38. The second kappa shape index (κ2) is 4.64. The smallest absolute Gasteiger partial charge is 0.100 e. The number of nitrogens with zero attached hydrogens (tertiary/aromatic N) is 2. The summed E-state index contributed by atoms with van der Waals surface area (Å²) in [7, 11) is 1.92. The van der Waals surface area contributed by atoms with Gasteiger partial charge in [-0.2, -0.15) is 0 Å². The van der Waals surface area contributed by atoms with Crippen LogP contribution in [-0.4, -0.2) is 40.1 Å². The van der Waals surface area contributed by atoms with Crippen molar-refractivity contribution in [2.24, 2.45) is 13.0 Å². The zero-order chi connectivity index (χ0) is 12.6. The van der Waals surface area contributed by atoms with Gasteiger partial charge in [-0.3, -0.25) is 0 Å². The average Bonchev–Trinajstić information content (AvgIpc) is 2.98. The monoisotopic (exact) mass is 252 g/mol. The number of hydrogen-bond donors (Lipinski definition) is 1. The number of rotatable bonds is 2. The molecule has 0 saturated carbocycles. The van der Waals surface area contributed by atoms with Crippen LogP contribution in [0, 0.1) is 5.92 Å². The standard InChI is InChI=1S/C13H20N2O3/c1-15-7-11(14-9-15)12(16)10-2-4-18-13(6-10)3-5-17-8-13/h7,9-10,12,16H,2-6,8H2,1H3. The first-order chi connectivity index (χ1) is 8.69. The molecule has 5 heteroatoms. The van der Waals surface area contributed by atoms with Crippen molar-refractivity contribution in [2.45, 2.75) is 31.0 Å². The van der Waals surface area contributed by atoms with Crippen molar-refractivity contribution in [3.05, 3.63) is 18.2 Å². The van der Waals surface area contributed by atoms with Gasteiger partial charge in [0.05, 0.1) is 24.2 Å². The fourth-order valence-corrected chi connectivity index (χ4v) is 3.03. The maximum absolute atomic E-state index is 10.4. The molecule has 100 valence electrons. The molecule has 0 aliphatic carbocycles. The molecule has 0 aromatic carbocycles. The highest BCUT2D eigenvalue weighted by molar-refractivity contribution is 5.04. The average molecular weight is 252 g/mol. The molecule has 5 nitrogen and oxygen atoms in total. The Balaban J connectivity index is 1.72. The summed E-state index contributed by atoms with van der Waals surface area (Å²) in [6.07, 6.45) is 5.82. The van der Waals surface area contributed by atoms with Gasteiger partial charge in [-0.05, 0) is 18.8 Å². The van der Waals surface area contributed by atoms with Crippen LogP contribution in [0.2, 0.25) is 0 Å². The van der Waals surface area contributed by atoms with Gasteiger partial charge in [0.2, 0.25) is 0 Å². The molecule has 2 aliphatic heterocycles. The van der Waals surface area contributed by atoms with Crippen molar-refractivity contribution in [2.75, 3.05) is 19.8 Å². The molecule has 3 unspecified atom stereocenters. The van der Waals surface area contributed by atoms with Crippen LogP contribution in [0.1, 0.15) is 31.1 Å². The molecule has 3 atom stereocenters. The molecule has 1 spiro atoms. The predicted octanol–water partition coefficient (Wildman–Crippen LogP) is 1.04. The Morgan fingerprint density at radius 3 is 3.11 bits per heavy atom. The molecular formula is C13H20N2O3. The van der Waals surface area contributed by atoms with Crippen LogP contribution >= 0.6 is 0 Å². The van der Waals surface area contributed by atoms with Gasteiger partial charge in [-0.1, -0.05) is 0 Å². The molecule has 2 fully saturated rings. The molecular weight excluding hydrogens is 232 g/mol. The Hall–Kier alpha value is -0.910. The van der Waals surface area contributed by atoms with Crippen LogP contribution in [0.5, 0.6) is 0 Å². The second-order valence-corrected chi connectivity index (χ2v) is 5.50. The fourth-order valence-electron chi connectivity index (χ4n) is 3.03. The van der Waals surface area contributed by atoms with E-state index >= 15 is 0 Å². The van der Waals surface area contributed by atoms with Crippen molar-refractivity contribution >= 4 is 0 Å². The van der Waals surface area contributed by atoms with Crippen LogP contribution in [0.25, 0.3) is 0 Å². The van der Waals surface area contributed by atoms with Gasteiger partial charge in [0, 0.05) is 32.9 Å². The molecule has 2 aliphatic rings. The Labute approximate surface area is 107 Å². The third-order valence-electron chi connectivity index (χ3n) is 4.07. The first kappa shape index (κ1) is 12.1. The summed E-state index contributed by atoms with van der Waals surface area (Å²) >= 11 is 0. The molecule has 3 heterocycles. The van der Waals surface area contributed by atoms with Crippen LogP contribution in [0.3, 0.4) is 0 Å². The zero-order valence-corrected chi connectivity index (χ0v) is 10.7. The van der Waals surface area contributed by atoms with Crippen molar-refractivity contribution in [1.29, 1.82) is 0 Å². The summed E-state index contributed by atoms with van der Waals surface area (Å²) in [5.74, 6) is 0.218. The van der Waals surface area contributed by atoms with Gasteiger partial charge in [0.1, 0.15) is 6.10 Å². The highest BCUT2D eigenvalue weighted by Gasteiger charge is 2.43. The van der Waals surface area contributed by atoms with E-state index in [4.69, 9.17) is 9.47 Å². The summed E-state index contributed by atoms with van der Waals surface area (Å²) < 4.78 is 13.2. The largest absolute Gasteiger partial charge is 0.386 e. The van der Waals surface area contributed by atoms with E-state index < -0.39 is 6.10 Å². The number of hydrogen-bond acceptors (Lipinski definition) is 4. The van der Waals surface area contributed by atoms with Gasteiger partial charge in [0.15, 0.2) is 0 Å². The van der Waals surface area contributed by atoms with Gasteiger partial charge >= 0.3 is 0 Å². The molecule has 3 rings (SSSR count). The molecule has 1 aromatic heterocycles. The van der Waals surface area contributed by atoms with Gasteiger partial charge < -0.3 is 19.1 Å². The lowest BCUT2D eigenvalue weighted by Crippen LogP contribution is -2.41. The minimum absolute atomic E-state index is 0.154. The van der Waals surface area contributed by atoms with Crippen LogP contribution < -0.4 is 0 Å². The fraction of sp³-hybridized carbons (Fsp3) is 0.769. The third kappa shape index (κ3) is 2.18. The van der Waals surface area contributed by atoms with E-state index in [1.54, 1.807) is 6.33 Å². The highest BCUT2D eigenvalue weighted by Crippen LogP contribution is 2.40. The van der Waals surface area contributed by atoms with Gasteiger partial charge in [-0.25, -0.2) is 4.98 Å². The van der Waals surface area contributed by atoms with E-state index in [2.05, 4.69) is 4.98 Å². The lowest BCUT2D eigenvalue weighted by atomic mass is 9.81. The lowest BCUT2D eigenvalue weighted by molar-refractivity contribution is -0.117. The second-order valence-electron chi connectivity index (χ2n) is 5.50. The molecule has 0 bridgehead atoms. The Morgan fingerprint density at radius 1 is 1.56 bits per heavy atom. The molecule has 0 amide bonds. The van der Waals surface area contributed by atoms with Crippen LogP contribution in [0.4, 0.5) is 0 Å². The SMILES string of the molecule is Cn1cnc(C(O)C2CCOC3(CCOC3)C2)c1. The molecule has 0 radical (unpaired) electrons. The van der Waals surface area contributed by atoms with E-state index in [0.29, 0.717) is 13.2 Å². The minimum Gasteiger partial charge on any atom is -0.386 e. The van der Waals surface area contributed by atoms with Crippen molar-refractivity contribution in [3.63, 3.8) is 0 Å². The Bertz CT molecular complexity index is 412. The quantitative estimate of drug-likeness (QED) is 0.854. The van der Waals surface area contributed by atoms with E-state index in [1.807, 2.05) is 17.8 Å². The summed E-state index contributed by atoms with van der Waals surface area (Å²) in [4.78, 5) is 4.25. The Morgan fingerprint density at radius 2 is 2.44 bits per heavy atom. The van der Waals surface area contributed by atoms with E-state index in [-0.39, 0.29) is 11.5 Å². The highest BCUT2D eigenvalue weighted by atomic mass is 16.6. The maximum atomic E-state index is 10.4. The van der Waals surface area contributed by atoms with Gasteiger partial charge in [0.25, 0.3) is 0 Å². The summed E-state index contributed by atoms with van der Waals surface area (Å²) in [6, 6.07) is 0. The minimum atomic E-state index is -0.493. The number of ether oxygens (including phenoxy) is 2. The molecule has 2 saturated heterocycles. The Kier molecular flexibility index (Phi) is 3.13. The third-order valence-corrected chi connectivity index (χ3v) is 4.07. The molecule has 1 aromatic rings. The first-order valence-corrected chi connectivity index (χ1v) is 6.56. The van der Waals surface area contributed by atoms with E-state index in [9.17, 15) is 5.11 Å². The summed E-state index contributed by atoms with van der Waals surface area (Å²) in [6.45, 7) is 2.14.